The number of hydrogen-bond acceptors (Lipinski definition) is 0. The van der Waals surface area contributed by atoms with Crippen molar-refractivity contribution < 1.29 is 4.48 Å². The fourth-order valence-corrected chi connectivity index (χ4v) is 3.86. The molecule has 98 valence electrons. The van der Waals surface area contributed by atoms with Crippen LogP contribution in [0.4, 0.5) is 0 Å². The molecule has 3 aliphatic rings. The molecular formula is C16H30N+. The van der Waals surface area contributed by atoms with E-state index < -0.39 is 0 Å². The summed E-state index contributed by atoms with van der Waals surface area (Å²) in [7, 11) is 0. The van der Waals surface area contributed by atoms with Crippen molar-refractivity contribution in [3.8, 4) is 0 Å². The molecule has 1 heteroatoms. The predicted molar refractivity (Wildman–Crippen MR) is 74.9 cm³/mol. The summed E-state index contributed by atoms with van der Waals surface area (Å²) in [5.74, 6) is 2.12. The summed E-state index contributed by atoms with van der Waals surface area (Å²) in [6.45, 7) is 12.5. The minimum Gasteiger partial charge on any atom is -0.320 e. The molecule has 3 heterocycles. The summed E-state index contributed by atoms with van der Waals surface area (Å²) < 4.78 is 1.41. The SMILES string of the molecule is CCCCC1C[N+]2(CC=C(C)C)CCC1CC2. The van der Waals surface area contributed by atoms with Crippen LogP contribution in [0, 0.1) is 11.8 Å². The standard InChI is InChI=1S/C16H30N/c1-4-5-6-16-13-17(10-7-14(2)3)11-8-15(16)9-12-17/h7,15-16H,4-6,8-13H2,1-3H3/q+1. The van der Waals surface area contributed by atoms with Gasteiger partial charge in [-0.05, 0) is 32.3 Å². The smallest absolute Gasteiger partial charge is 0.0976 e. The molecule has 0 N–H and O–H groups in total. The lowest BCUT2D eigenvalue weighted by Gasteiger charge is -2.52. The third-order valence-electron chi connectivity index (χ3n) is 5.05. The van der Waals surface area contributed by atoms with Crippen LogP contribution >= 0.6 is 0 Å². The maximum atomic E-state index is 2.47. The molecule has 3 saturated heterocycles. The Balaban J connectivity index is 1.96. The van der Waals surface area contributed by atoms with E-state index in [0.717, 1.165) is 11.8 Å². The van der Waals surface area contributed by atoms with E-state index in [-0.39, 0.29) is 0 Å². The van der Waals surface area contributed by atoms with Gasteiger partial charge in [0.05, 0.1) is 26.2 Å². The van der Waals surface area contributed by atoms with E-state index in [4.69, 9.17) is 0 Å². The first-order valence-electron chi connectivity index (χ1n) is 7.64. The molecule has 1 atom stereocenters. The average molecular weight is 236 g/mol. The zero-order chi connectivity index (χ0) is 12.3. The number of quaternary nitrogens is 1. The van der Waals surface area contributed by atoms with E-state index in [9.17, 15) is 0 Å². The van der Waals surface area contributed by atoms with Gasteiger partial charge < -0.3 is 4.48 Å². The van der Waals surface area contributed by atoms with Gasteiger partial charge in [-0.1, -0.05) is 25.3 Å². The molecule has 1 nitrogen and oxygen atoms in total. The van der Waals surface area contributed by atoms with E-state index in [2.05, 4.69) is 26.8 Å². The van der Waals surface area contributed by atoms with E-state index in [0.29, 0.717) is 0 Å². The number of fused-ring (bicyclic) bond motifs is 3. The largest absolute Gasteiger partial charge is 0.320 e. The Bertz CT molecular complexity index is 267. The van der Waals surface area contributed by atoms with Crippen molar-refractivity contribution >= 4 is 0 Å². The second kappa shape index (κ2) is 5.56. The Morgan fingerprint density at radius 3 is 2.53 bits per heavy atom. The van der Waals surface area contributed by atoms with Crippen molar-refractivity contribution in [1.29, 1.82) is 0 Å². The Labute approximate surface area is 107 Å². The van der Waals surface area contributed by atoms with Crippen LogP contribution in [0.15, 0.2) is 11.6 Å². The topological polar surface area (TPSA) is 0 Å². The van der Waals surface area contributed by atoms with Crippen molar-refractivity contribution in [2.24, 2.45) is 11.8 Å². The lowest BCUT2D eigenvalue weighted by Crippen LogP contribution is -2.61. The molecule has 0 aromatic heterocycles. The van der Waals surface area contributed by atoms with Gasteiger partial charge in [0.1, 0.15) is 0 Å². The van der Waals surface area contributed by atoms with Crippen molar-refractivity contribution in [2.75, 3.05) is 26.2 Å². The van der Waals surface area contributed by atoms with Crippen LogP contribution in [0.5, 0.6) is 0 Å². The minimum absolute atomic E-state index is 1.04. The molecule has 17 heavy (non-hydrogen) atoms. The summed E-state index contributed by atoms with van der Waals surface area (Å²) in [4.78, 5) is 0. The summed E-state index contributed by atoms with van der Waals surface area (Å²) in [5, 5.41) is 0. The molecule has 0 aliphatic carbocycles. The van der Waals surface area contributed by atoms with E-state index in [1.165, 1.54) is 68.3 Å². The Morgan fingerprint density at radius 2 is 1.94 bits per heavy atom. The fraction of sp³-hybridized carbons (Fsp3) is 0.875. The van der Waals surface area contributed by atoms with Crippen LogP contribution < -0.4 is 0 Å². The van der Waals surface area contributed by atoms with Gasteiger partial charge in [-0.25, -0.2) is 0 Å². The van der Waals surface area contributed by atoms with Crippen LogP contribution in [0.2, 0.25) is 0 Å². The number of piperidine rings is 3. The van der Waals surface area contributed by atoms with Gasteiger partial charge in [0.15, 0.2) is 0 Å². The lowest BCUT2D eigenvalue weighted by atomic mass is 9.75. The number of nitrogens with zero attached hydrogens (tertiary/aromatic N) is 1. The van der Waals surface area contributed by atoms with Crippen molar-refractivity contribution in [3.05, 3.63) is 11.6 Å². The zero-order valence-corrected chi connectivity index (χ0v) is 12.0. The van der Waals surface area contributed by atoms with Gasteiger partial charge in [-0.3, -0.25) is 0 Å². The van der Waals surface area contributed by atoms with Crippen LogP contribution in [0.1, 0.15) is 52.9 Å². The molecule has 3 aliphatic heterocycles. The highest BCUT2D eigenvalue weighted by molar-refractivity contribution is 4.94. The number of allylic oxidation sites excluding steroid dienone is 1. The molecule has 0 spiro atoms. The van der Waals surface area contributed by atoms with Crippen LogP contribution in [-0.2, 0) is 0 Å². The Hall–Kier alpha value is -0.300. The highest BCUT2D eigenvalue weighted by Gasteiger charge is 2.44. The average Bonchev–Trinajstić information content (AvgIpc) is 2.35. The fourth-order valence-electron chi connectivity index (χ4n) is 3.86. The molecule has 0 amide bonds. The summed E-state index contributed by atoms with van der Waals surface area (Å²) in [6.07, 6.45) is 9.80. The lowest BCUT2D eigenvalue weighted by molar-refractivity contribution is -0.942. The number of rotatable bonds is 5. The van der Waals surface area contributed by atoms with Gasteiger partial charge in [0.2, 0.25) is 0 Å². The predicted octanol–water partition coefficient (Wildman–Crippen LogP) is 4.00. The van der Waals surface area contributed by atoms with E-state index in [1.807, 2.05) is 0 Å². The third-order valence-corrected chi connectivity index (χ3v) is 5.05. The molecular weight excluding hydrogens is 206 g/mol. The molecule has 0 radical (unpaired) electrons. The number of unbranched alkanes of at least 4 members (excludes halogenated alkanes) is 1. The normalized spacial score (nSPS) is 35.9. The van der Waals surface area contributed by atoms with E-state index >= 15 is 0 Å². The van der Waals surface area contributed by atoms with Gasteiger partial charge in [-0.15, -0.1) is 0 Å². The molecule has 2 bridgehead atoms. The maximum Gasteiger partial charge on any atom is 0.0976 e. The van der Waals surface area contributed by atoms with Crippen LogP contribution in [0.25, 0.3) is 0 Å². The van der Waals surface area contributed by atoms with Crippen molar-refractivity contribution in [2.45, 2.75) is 52.9 Å². The summed E-state index contributed by atoms with van der Waals surface area (Å²) >= 11 is 0. The first kappa shape index (κ1) is 13.1. The molecule has 0 aromatic rings. The van der Waals surface area contributed by atoms with Gasteiger partial charge in [0.25, 0.3) is 0 Å². The van der Waals surface area contributed by atoms with Crippen molar-refractivity contribution in [1.82, 2.24) is 0 Å². The molecule has 0 saturated carbocycles. The van der Waals surface area contributed by atoms with Gasteiger partial charge in [0, 0.05) is 18.8 Å². The summed E-state index contributed by atoms with van der Waals surface area (Å²) in [5.41, 5.74) is 1.50. The Morgan fingerprint density at radius 1 is 1.24 bits per heavy atom. The molecule has 3 rings (SSSR count). The minimum atomic E-state index is 1.04. The quantitative estimate of drug-likeness (QED) is 0.500. The van der Waals surface area contributed by atoms with Crippen LogP contribution in [0.3, 0.4) is 0 Å². The zero-order valence-electron chi connectivity index (χ0n) is 12.0. The van der Waals surface area contributed by atoms with Gasteiger partial charge in [-0.2, -0.15) is 0 Å². The third kappa shape index (κ3) is 3.13. The monoisotopic (exact) mass is 236 g/mol. The van der Waals surface area contributed by atoms with E-state index in [1.54, 1.807) is 0 Å². The Kier molecular flexibility index (Phi) is 4.30. The second-order valence-electron chi connectivity index (χ2n) is 6.68. The highest BCUT2D eigenvalue weighted by Crippen LogP contribution is 2.39. The van der Waals surface area contributed by atoms with Gasteiger partial charge >= 0.3 is 0 Å². The first-order valence-corrected chi connectivity index (χ1v) is 7.64. The highest BCUT2D eigenvalue weighted by atomic mass is 15.4. The number of hydrogen-bond donors (Lipinski definition) is 0. The first-order chi connectivity index (χ1) is 8.15. The molecule has 0 aromatic carbocycles. The van der Waals surface area contributed by atoms with Crippen molar-refractivity contribution in [3.63, 3.8) is 0 Å². The second-order valence-corrected chi connectivity index (χ2v) is 6.68. The van der Waals surface area contributed by atoms with Crippen LogP contribution in [-0.4, -0.2) is 30.7 Å². The summed E-state index contributed by atoms with van der Waals surface area (Å²) in [6, 6.07) is 0. The maximum absolute atomic E-state index is 2.47. The molecule has 3 fully saturated rings. The molecule has 1 unspecified atom stereocenters.